The molecule has 2 aromatic carbocycles. The SMILES string of the molecule is COC(=O)CCc1ccccc1C(=O)N1CCN(c2ccccc2)CC1. The van der Waals surface area contributed by atoms with Crippen LogP contribution in [0.25, 0.3) is 0 Å². The lowest BCUT2D eigenvalue weighted by molar-refractivity contribution is -0.140. The van der Waals surface area contributed by atoms with Gasteiger partial charge in [0.05, 0.1) is 7.11 Å². The largest absolute Gasteiger partial charge is 0.469 e. The van der Waals surface area contributed by atoms with Crippen LogP contribution < -0.4 is 4.90 Å². The summed E-state index contributed by atoms with van der Waals surface area (Å²) < 4.78 is 4.70. The number of piperazine rings is 1. The smallest absolute Gasteiger partial charge is 0.305 e. The van der Waals surface area contributed by atoms with Crippen LogP contribution in [0.5, 0.6) is 0 Å². The van der Waals surface area contributed by atoms with Gasteiger partial charge in [-0.3, -0.25) is 9.59 Å². The number of aryl methyl sites for hydroxylation is 1. The third-order valence-electron chi connectivity index (χ3n) is 4.76. The zero-order valence-corrected chi connectivity index (χ0v) is 15.1. The van der Waals surface area contributed by atoms with Crippen molar-refractivity contribution in [3.8, 4) is 0 Å². The van der Waals surface area contributed by atoms with E-state index in [1.54, 1.807) is 0 Å². The third kappa shape index (κ3) is 4.23. The number of carbonyl (C=O) groups is 2. The maximum absolute atomic E-state index is 13.0. The van der Waals surface area contributed by atoms with Crippen molar-refractivity contribution in [3.05, 3.63) is 65.7 Å². The Hall–Kier alpha value is -2.82. The molecule has 0 N–H and O–H groups in total. The quantitative estimate of drug-likeness (QED) is 0.777. The van der Waals surface area contributed by atoms with Gasteiger partial charge < -0.3 is 14.5 Å². The van der Waals surface area contributed by atoms with Crippen LogP contribution in [0, 0.1) is 0 Å². The van der Waals surface area contributed by atoms with Crippen LogP contribution in [-0.4, -0.2) is 50.1 Å². The highest BCUT2D eigenvalue weighted by atomic mass is 16.5. The molecular weight excluding hydrogens is 328 g/mol. The molecule has 1 aliphatic heterocycles. The molecule has 0 radical (unpaired) electrons. The number of carbonyl (C=O) groups excluding carboxylic acids is 2. The summed E-state index contributed by atoms with van der Waals surface area (Å²) in [4.78, 5) is 28.6. The number of amides is 1. The number of rotatable bonds is 5. The second-order valence-corrected chi connectivity index (χ2v) is 6.35. The van der Waals surface area contributed by atoms with E-state index in [2.05, 4.69) is 17.0 Å². The maximum atomic E-state index is 13.0. The molecule has 0 saturated carbocycles. The number of hydrogen-bond donors (Lipinski definition) is 0. The molecule has 1 fully saturated rings. The molecule has 5 heteroatoms. The summed E-state index contributed by atoms with van der Waals surface area (Å²) in [5.74, 6) is -0.220. The van der Waals surface area contributed by atoms with Crippen molar-refractivity contribution in [2.24, 2.45) is 0 Å². The monoisotopic (exact) mass is 352 g/mol. The number of ether oxygens (including phenoxy) is 1. The first-order valence-corrected chi connectivity index (χ1v) is 8.93. The van der Waals surface area contributed by atoms with Crippen molar-refractivity contribution in [1.29, 1.82) is 0 Å². The minimum atomic E-state index is -0.260. The molecule has 136 valence electrons. The van der Waals surface area contributed by atoms with Gasteiger partial charge in [-0.2, -0.15) is 0 Å². The molecule has 5 nitrogen and oxygen atoms in total. The van der Waals surface area contributed by atoms with Crippen LogP contribution in [-0.2, 0) is 16.0 Å². The van der Waals surface area contributed by atoms with Crippen LogP contribution in [0.4, 0.5) is 5.69 Å². The summed E-state index contributed by atoms with van der Waals surface area (Å²) in [6, 6.07) is 17.8. The minimum Gasteiger partial charge on any atom is -0.469 e. The van der Waals surface area contributed by atoms with E-state index in [9.17, 15) is 9.59 Å². The molecule has 0 atom stereocenters. The molecule has 1 amide bonds. The first-order chi connectivity index (χ1) is 12.7. The predicted octanol–water partition coefficient (Wildman–Crippen LogP) is 2.75. The lowest BCUT2D eigenvalue weighted by atomic mass is 10.0. The summed E-state index contributed by atoms with van der Waals surface area (Å²) in [5.41, 5.74) is 2.77. The molecule has 0 spiro atoms. The average Bonchev–Trinajstić information content (AvgIpc) is 2.72. The Bertz CT molecular complexity index is 753. The summed E-state index contributed by atoms with van der Waals surface area (Å²) in [6.45, 7) is 3.03. The van der Waals surface area contributed by atoms with Gasteiger partial charge in [-0.1, -0.05) is 36.4 Å². The van der Waals surface area contributed by atoms with E-state index in [0.717, 1.165) is 18.7 Å². The Balaban J connectivity index is 1.64. The van der Waals surface area contributed by atoms with E-state index < -0.39 is 0 Å². The highest BCUT2D eigenvalue weighted by Crippen LogP contribution is 2.19. The molecular formula is C21H24N2O3. The highest BCUT2D eigenvalue weighted by molar-refractivity contribution is 5.96. The van der Waals surface area contributed by atoms with E-state index in [0.29, 0.717) is 25.1 Å². The van der Waals surface area contributed by atoms with Gasteiger partial charge in [-0.25, -0.2) is 0 Å². The molecule has 1 heterocycles. The minimum absolute atomic E-state index is 0.0400. The van der Waals surface area contributed by atoms with E-state index in [-0.39, 0.29) is 18.3 Å². The number of hydrogen-bond acceptors (Lipinski definition) is 4. The Labute approximate surface area is 154 Å². The molecule has 0 aromatic heterocycles. The second-order valence-electron chi connectivity index (χ2n) is 6.35. The van der Waals surface area contributed by atoms with Gasteiger partial charge in [0, 0.05) is 43.9 Å². The molecule has 1 aliphatic rings. The lowest BCUT2D eigenvalue weighted by Gasteiger charge is -2.36. The molecule has 26 heavy (non-hydrogen) atoms. The van der Waals surface area contributed by atoms with Crippen LogP contribution in [0.1, 0.15) is 22.3 Å². The molecule has 0 aliphatic carbocycles. The second kappa shape index (κ2) is 8.52. The topological polar surface area (TPSA) is 49.9 Å². The number of anilines is 1. The maximum Gasteiger partial charge on any atom is 0.305 e. The van der Waals surface area contributed by atoms with Crippen molar-refractivity contribution < 1.29 is 14.3 Å². The van der Waals surface area contributed by atoms with Gasteiger partial charge in [-0.05, 0) is 30.2 Å². The third-order valence-corrected chi connectivity index (χ3v) is 4.76. The van der Waals surface area contributed by atoms with Gasteiger partial charge in [0.15, 0.2) is 0 Å². The van der Waals surface area contributed by atoms with Crippen molar-refractivity contribution in [1.82, 2.24) is 4.90 Å². The first-order valence-electron chi connectivity index (χ1n) is 8.93. The average molecular weight is 352 g/mol. The van der Waals surface area contributed by atoms with Gasteiger partial charge in [0.2, 0.25) is 0 Å². The predicted molar refractivity (Wildman–Crippen MR) is 101 cm³/mol. The Morgan fingerprint density at radius 3 is 2.27 bits per heavy atom. The Kier molecular flexibility index (Phi) is 5.89. The van der Waals surface area contributed by atoms with E-state index in [1.807, 2.05) is 47.4 Å². The van der Waals surface area contributed by atoms with Crippen LogP contribution in [0.3, 0.4) is 0 Å². The fraction of sp³-hybridized carbons (Fsp3) is 0.333. The highest BCUT2D eigenvalue weighted by Gasteiger charge is 2.23. The van der Waals surface area contributed by atoms with Crippen LogP contribution in [0.15, 0.2) is 54.6 Å². The number of para-hydroxylation sites is 1. The Morgan fingerprint density at radius 1 is 0.923 bits per heavy atom. The van der Waals surface area contributed by atoms with Crippen LogP contribution >= 0.6 is 0 Å². The zero-order chi connectivity index (χ0) is 18.4. The van der Waals surface area contributed by atoms with Crippen molar-refractivity contribution in [2.75, 3.05) is 38.2 Å². The normalized spacial score (nSPS) is 14.2. The van der Waals surface area contributed by atoms with Crippen molar-refractivity contribution in [2.45, 2.75) is 12.8 Å². The number of nitrogens with zero attached hydrogens (tertiary/aromatic N) is 2. The molecule has 3 rings (SSSR count). The molecule has 2 aromatic rings. The number of benzene rings is 2. The summed E-state index contributed by atoms with van der Waals surface area (Å²) >= 11 is 0. The van der Waals surface area contributed by atoms with Crippen molar-refractivity contribution in [3.63, 3.8) is 0 Å². The van der Waals surface area contributed by atoms with E-state index in [1.165, 1.54) is 12.8 Å². The van der Waals surface area contributed by atoms with Gasteiger partial charge in [-0.15, -0.1) is 0 Å². The van der Waals surface area contributed by atoms with Gasteiger partial charge in [0.25, 0.3) is 5.91 Å². The lowest BCUT2D eigenvalue weighted by Crippen LogP contribution is -2.49. The summed E-state index contributed by atoms with van der Waals surface area (Å²) in [5, 5.41) is 0. The van der Waals surface area contributed by atoms with Gasteiger partial charge >= 0.3 is 5.97 Å². The Morgan fingerprint density at radius 2 is 1.58 bits per heavy atom. The van der Waals surface area contributed by atoms with Gasteiger partial charge in [0.1, 0.15) is 0 Å². The van der Waals surface area contributed by atoms with E-state index >= 15 is 0 Å². The van der Waals surface area contributed by atoms with Crippen molar-refractivity contribution >= 4 is 17.6 Å². The summed E-state index contributed by atoms with van der Waals surface area (Å²) in [7, 11) is 1.38. The first kappa shape index (κ1) is 18.0. The number of esters is 1. The molecule has 0 bridgehead atoms. The number of methoxy groups -OCH3 is 1. The zero-order valence-electron chi connectivity index (χ0n) is 15.1. The fourth-order valence-electron chi connectivity index (χ4n) is 3.26. The fourth-order valence-corrected chi connectivity index (χ4v) is 3.26. The molecule has 1 saturated heterocycles. The standard InChI is InChI=1S/C21H24N2O3/c1-26-20(24)12-11-17-7-5-6-10-19(17)21(25)23-15-13-22(14-16-23)18-8-3-2-4-9-18/h2-10H,11-16H2,1H3. The van der Waals surface area contributed by atoms with Crippen LogP contribution in [0.2, 0.25) is 0 Å². The molecule has 0 unspecified atom stereocenters. The summed E-state index contributed by atoms with van der Waals surface area (Å²) in [6.07, 6.45) is 0.793. The van der Waals surface area contributed by atoms with E-state index in [4.69, 9.17) is 4.74 Å².